The van der Waals surface area contributed by atoms with E-state index in [1.807, 2.05) is 0 Å². The Morgan fingerprint density at radius 3 is 1.94 bits per heavy atom. The molecule has 0 aliphatic carbocycles. The van der Waals surface area contributed by atoms with E-state index >= 15 is 0 Å². The quantitative estimate of drug-likeness (QED) is 0.822. The molecule has 1 nitrogen and oxygen atoms in total. The molecule has 2 heteroatoms. The summed E-state index contributed by atoms with van der Waals surface area (Å²) in [5.41, 5.74) is 2.06. The van der Waals surface area contributed by atoms with Gasteiger partial charge in [-0.25, -0.2) is 4.39 Å². The second-order valence-electron chi connectivity index (χ2n) is 4.49. The molecule has 1 rings (SSSR count). The van der Waals surface area contributed by atoms with Crippen molar-refractivity contribution in [2.75, 3.05) is 0 Å². The molecule has 1 aromatic rings. The standard InChI is InChI=1S/C14H21FO/c1-5-11(6-2)14(16)12-7-9(3)13(15)10(4)8-12/h7-8,11,14,16H,5-6H2,1-4H3. The molecule has 0 aromatic heterocycles. The number of rotatable bonds is 4. The molecule has 0 saturated heterocycles. The SMILES string of the molecule is CCC(CC)C(O)c1cc(C)c(F)c(C)c1. The van der Waals surface area contributed by atoms with E-state index < -0.39 is 6.10 Å². The van der Waals surface area contributed by atoms with Crippen LogP contribution in [0.5, 0.6) is 0 Å². The fraction of sp³-hybridized carbons (Fsp3) is 0.571. The molecule has 1 atom stereocenters. The van der Waals surface area contributed by atoms with Crippen LogP contribution in [0.4, 0.5) is 4.39 Å². The minimum absolute atomic E-state index is 0.166. The molecule has 0 amide bonds. The number of aliphatic hydroxyl groups is 1. The second kappa shape index (κ2) is 5.44. The number of aryl methyl sites for hydroxylation is 2. The normalized spacial score (nSPS) is 13.2. The van der Waals surface area contributed by atoms with E-state index in [0.29, 0.717) is 11.1 Å². The lowest BCUT2D eigenvalue weighted by Gasteiger charge is -2.21. The molecule has 1 unspecified atom stereocenters. The molecule has 0 spiro atoms. The van der Waals surface area contributed by atoms with Crippen LogP contribution < -0.4 is 0 Å². The van der Waals surface area contributed by atoms with Crippen molar-refractivity contribution < 1.29 is 9.50 Å². The largest absolute Gasteiger partial charge is 0.388 e. The Kier molecular flexibility index (Phi) is 4.48. The van der Waals surface area contributed by atoms with E-state index in [9.17, 15) is 9.50 Å². The van der Waals surface area contributed by atoms with Crippen LogP contribution >= 0.6 is 0 Å². The third-order valence-corrected chi connectivity index (χ3v) is 3.30. The van der Waals surface area contributed by atoms with Crippen molar-refractivity contribution >= 4 is 0 Å². The topological polar surface area (TPSA) is 20.2 Å². The Morgan fingerprint density at radius 1 is 1.12 bits per heavy atom. The molecular formula is C14H21FO. The first-order chi connectivity index (χ1) is 7.51. The Balaban J connectivity index is 3.04. The molecule has 0 aliphatic rings. The van der Waals surface area contributed by atoms with Gasteiger partial charge in [-0.2, -0.15) is 0 Å². The van der Waals surface area contributed by atoms with Crippen molar-refractivity contribution in [1.29, 1.82) is 0 Å². The zero-order valence-corrected chi connectivity index (χ0v) is 10.5. The zero-order chi connectivity index (χ0) is 12.3. The fourth-order valence-electron chi connectivity index (χ4n) is 2.16. The number of halogens is 1. The molecule has 1 N–H and O–H groups in total. The van der Waals surface area contributed by atoms with Crippen molar-refractivity contribution in [1.82, 2.24) is 0 Å². The smallest absolute Gasteiger partial charge is 0.129 e. The molecular weight excluding hydrogens is 203 g/mol. The van der Waals surface area contributed by atoms with E-state index in [0.717, 1.165) is 18.4 Å². The molecule has 90 valence electrons. The average molecular weight is 224 g/mol. The molecule has 0 bridgehead atoms. The van der Waals surface area contributed by atoms with Gasteiger partial charge < -0.3 is 5.11 Å². The Bertz CT molecular complexity index is 333. The molecule has 1 aromatic carbocycles. The monoisotopic (exact) mass is 224 g/mol. The van der Waals surface area contributed by atoms with Crippen LogP contribution in [0.15, 0.2) is 12.1 Å². The number of hydrogen-bond acceptors (Lipinski definition) is 1. The second-order valence-corrected chi connectivity index (χ2v) is 4.49. The molecule has 0 aliphatic heterocycles. The van der Waals surface area contributed by atoms with Gasteiger partial charge in [0.05, 0.1) is 6.10 Å². The lowest BCUT2D eigenvalue weighted by molar-refractivity contribution is 0.103. The maximum Gasteiger partial charge on any atom is 0.129 e. The van der Waals surface area contributed by atoms with E-state index in [2.05, 4.69) is 13.8 Å². The van der Waals surface area contributed by atoms with Crippen LogP contribution in [-0.4, -0.2) is 5.11 Å². The first-order valence-corrected chi connectivity index (χ1v) is 5.95. The van der Waals surface area contributed by atoms with Gasteiger partial charge in [-0.15, -0.1) is 0 Å². The molecule has 0 saturated carbocycles. The summed E-state index contributed by atoms with van der Waals surface area (Å²) in [6.45, 7) is 7.62. The van der Waals surface area contributed by atoms with Gasteiger partial charge in [0, 0.05) is 0 Å². The van der Waals surface area contributed by atoms with Gasteiger partial charge in [0.1, 0.15) is 5.82 Å². The Morgan fingerprint density at radius 2 is 1.56 bits per heavy atom. The van der Waals surface area contributed by atoms with Crippen molar-refractivity contribution in [2.45, 2.75) is 46.6 Å². The van der Waals surface area contributed by atoms with Crippen LogP contribution in [0.2, 0.25) is 0 Å². The van der Waals surface area contributed by atoms with Crippen LogP contribution in [0.3, 0.4) is 0 Å². The van der Waals surface area contributed by atoms with Crippen LogP contribution in [0.25, 0.3) is 0 Å². The summed E-state index contributed by atoms with van der Waals surface area (Å²) in [4.78, 5) is 0. The maximum absolute atomic E-state index is 13.5. The van der Waals surface area contributed by atoms with Gasteiger partial charge in [0.15, 0.2) is 0 Å². The molecule has 0 radical (unpaired) electrons. The van der Waals surface area contributed by atoms with E-state index in [4.69, 9.17) is 0 Å². The number of hydrogen-bond donors (Lipinski definition) is 1. The van der Waals surface area contributed by atoms with Gasteiger partial charge >= 0.3 is 0 Å². The minimum Gasteiger partial charge on any atom is -0.388 e. The van der Waals surface area contributed by atoms with Crippen LogP contribution in [0.1, 0.15) is 49.5 Å². The van der Waals surface area contributed by atoms with Crippen molar-refractivity contribution in [2.24, 2.45) is 5.92 Å². The molecule has 16 heavy (non-hydrogen) atoms. The highest BCUT2D eigenvalue weighted by molar-refractivity contribution is 5.32. The third-order valence-electron chi connectivity index (χ3n) is 3.30. The van der Waals surface area contributed by atoms with Gasteiger partial charge in [-0.1, -0.05) is 38.8 Å². The van der Waals surface area contributed by atoms with E-state index in [1.54, 1.807) is 26.0 Å². The van der Waals surface area contributed by atoms with E-state index in [1.165, 1.54) is 0 Å². The Hall–Kier alpha value is -0.890. The highest BCUT2D eigenvalue weighted by Crippen LogP contribution is 2.29. The van der Waals surface area contributed by atoms with Crippen molar-refractivity contribution in [3.8, 4) is 0 Å². The lowest BCUT2D eigenvalue weighted by Crippen LogP contribution is -2.11. The predicted octanol–water partition coefficient (Wildman–Crippen LogP) is 3.91. The maximum atomic E-state index is 13.5. The first-order valence-electron chi connectivity index (χ1n) is 5.95. The zero-order valence-electron chi connectivity index (χ0n) is 10.5. The first kappa shape index (κ1) is 13.2. The van der Waals surface area contributed by atoms with Gasteiger partial charge in [0.25, 0.3) is 0 Å². The summed E-state index contributed by atoms with van der Waals surface area (Å²) in [6, 6.07) is 3.51. The Labute approximate surface area is 97.3 Å². The summed E-state index contributed by atoms with van der Waals surface area (Å²) in [5.74, 6) is 0.0877. The summed E-state index contributed by atoms with van der Waals surface area (Å²) >= 11 is 0. The van der Waals surface area contributed by atoms with E-state index in [-0.39, 0.29) is 11.7 Å². The minimum atomic E-state index is -0.479. The van der Waals surface area contributed by atoms with Gasteiger partial charge in [-0.05, 0) is 36.5 Å². The average Bonchev–Trinajstić information content (AvgIpc) is 2.26. The summed E-state index contributed by atoms with van der Waals surface area (Å²) in [7, 11) is 0. The third kappa shape index (κ3) is 2.62. The van der Waals surface area contributed by atoms with Crippen molar-refractivity contribution in [3.05, 3.63) is 34.6 Å². The fourth-order valence-corrected chi connectivity index (χ4v) is 2.16. The number of benzene rings is 1. The summed E-state index contributed by atoms with van der Waals surface area (Å²) in [6.07, 6.45) is 1.40. The number of aliphatic hydroxyl groups excluding tert-OH is 1. The lowest BCUT2D eigenvalue weighted by atomic mass is 9.90. The van der Waals surface area contributed by atoms with Crippen LogP contribution in [0, 0.1) is 25.6 Å². The summed E-state index contributed by atoms with van der Waals surface area (Å²) < 4.78 is 13.5. The van der Waals surface area contributed by atoms with Gasteiger partial charge in [-0.3, -0.25) is 0 Å². The van der Waals surface area contributed by atoms with Crippen molar-refractivity contribution in [3.63, 3.8) is 0 Å². The predicted molar refractivity (Wildman–Crippen MR) is 64.9 cm³/mol. The van der Waals surface area contributed by atoms with Crippen LogP contribution in [-0.2, 0) is 0 Å². The highest BCUT2D eigenvalue weighted by atomic mass is 19.1. The van der Waals surface area contributed by atoms with Gasteiger partial charge in [0.2, 0.25) is 0 Å². The molecule has 0 heterocycles. The highest BCUT2D eigenvalue weighted by Gasteiger charge is 2.19. The summed E-state index contributed by atoms with van der Waals surface area (Å²) in [5, 5.41) is 10.2. The molecule has 0 fully saturated rings.